The summed E-state index contributed by atoms with van der Waals surface area (Å²) in [6.07, 6.45) is -11.1. The molecule has 1 aliphatic heterocycles. The first kappa shape index (κ1) is 13.2. The molecule has 0 atom stereocenters. The summed E-state index contributed by atoms with van der Waals surface area (Å²) in [7, 11) is 0. The Morgan fingerprint density at radius 3 is 2.06 bits per heavy atom. The van der Waals surface area contributed by atoms with Crippen LogP contribution in [0.1, 0.15) is 11.1 Å². The van der Waals surface area contributed by atoms with Crippen LogP contribution in [0.15, 0.2) is 24.3 Å². The zero-order chi connectivity index (χ0) is 13.6. The Hall–Kier alpha value is -1.24. The third-order valence-corrected chi connectivity index (χ3v) is 2.89. The number of halogens is 6. The Morgan fingerprint density at radius 2 is 1.50 bits per heavy atom. The van der Waals surface area contributed by atoms with Gasteiger partial charge in [0.2, 0.25) is 0 Å². The lowest BCUT2D eigenvalue weighted by Gasteiger charge is -2.41. The second-order valence-corrected chi connectivity index (χ2v) is 3.93. The van der Waals surface area contributed by atoms with Gasteiger partial charge in [0.25, 0.3) is 5.60 Å². The van der Waals surface area contributed by atoms with E-state index in [4.69, 9.17) is 0 Å². The largest absolute Gasteiger partial charge is 0.430 e. The number of hydrogen-bond donors (Lipinski definition) is 0. The highest BCUT2D eigenvalue weighted by atomic mass is 19.4. The summed E-state index contributed by atoms with van der Waals surface area (Å²) >= 11 is 0. The fraction of sp³-hybridized carbons (Fsp3) is 0.455. The van der Waals surface area contributed by atoms with Gasteiger partial charge in [0.1, 0.15) is 0 Å². The van der Waals surface area contributed by atoms with Gasteiger partial charge in [0.05, 0.1) is 6.61 Å². The Kier molecular flexibility index (Phi) is 2.84. The lowest BCUT2D eigenvalue weighted by atomic mass is 9.85. The zero-order valence-electron chi connectivity index (χ0n) is 8.90. The summed E-state index contributed by atoms with van der Waals surface area (Å²) in [5.41, 5.74) is -5.07. The summed E-state index contributed by atoms with van der Waals surface area (Å²) in [4.78, 5) is 0. The van der Waals surface area contributed by atoms with E-state index in [2.05, 4.69) is 4.74 Å². The van der Waals surface area contributed by atoms with Gasteiger partial charge in [0.15, 0.2) is 0 Å². The van der Waals surface area contributed by atoms with E-state index < -0.39 is 30.1 Å². The molecule has 0 bridgehead atoms. The van der Waals surface area contributed by atoms with Gasteiger partial charge in [-0.2, -0.15) is 26.3 Å². The molecule has 0 aromatic heterocycles. The van der Waals surface area contributed by atoms with Gasteiger partial charge in [-0.3, -0.25) is 0 Å². The van der Waals surface area contributed by atoms with E-state index in [1.54, 1.807) is 0 Å². The molecule has 1 nitrogen and oxygen atoms in total. The maximum Gasteiger partial charge on any atom is 0.430 e. The zero-order valence-corrected chi connectivity index (χ0v) is 8.90. The van der Waals surface area contributed by atoms with E-state index in [0.29, 0.717) is 0 Å². The maximum absolute atomic E-state index is 12.9. The van der Waals surface area contributed by atoms with Gasteiger partial charge >= 0.3 is 12.4 Å². The van der Waals surface area contributed by atoms with Crippen molar-refractivity contribution < 1.29 is 31.1 Å². The third kappa shape index (κ3) is 1.68. The fourth-order valence-electron chi connectivity index (χ4n) is 2.10. The first-order chi connectivity index (χ1) is 8.20. The molecule has 0 fully saturated rings. The van der Waals surface area contributed by atoms with Crippen LogP contribution >= 0.6 is 0 Å². The van der Waals surface area contributed by atoms with E-state index >= 15 is 0 Å². The Labute approximate surface area is 98.4 Å². The Bertz CT molecular complexity index is 434. The molecule has 1 aromatic rings. The summed E-state index contributed by atoms with van der Waals surface area (Å²) in [5.74, 6) is 0. The normalized spacial score (nSPS) is 19.4. The van der Waals surface area contributed by atoms with Gasteiger partial charge in [-0.1, -0.05) is 24.3 Å². The molecule has 0 aliphatic carbocycles. The second-order valence-electron chi connectivity index (χ2n) is 3.93. The van der Waals surface area contributed by atoms with Gasteiger partial charge < -0.3 is 4.74 Å². The predicted octanol–water partition coefficient (Wildman–Crippen LogP) is 3.58. The Morgan fingerprint density at radius 1 is 0.944 bits per heavy atom. The summed E-state index contributed by atoms with van der Waals surface area (Å²) in [6, 6.07) is 4.61. The molecule has 2 rings (SSSR count). The molecule has 18 heavy (non-hydrogen) atoms. The molecule has 1 aromatic carbocycles. The van der Waals surface area contributed by atoms with Gasteiger partial charge in [0, 0.05) is 5.56 Å². The van der Waals surface area contributed by atoms with Crippen LogP contribution in [-0.2, 0) is 16.8 Å². The average Bonchev–Trinajstić information content (AvgIpc) is 2.25. The first-order valence-corrected chi connectivity index (χ1v) is 5.06. The van der Waals surface area contributed by atoms with E-state index in [-0.39, 0.29) is 12.0 Å². The lowest BCUT2D eigenvalue weighted by Crippen LogP contribution is -2.58. The molecule has 0 radical (unpaired) electrons. The third-order valence-electron chi connectivity index (χ3n) is 2.89. The minimum atomic E-state index is -5.55. The SMILES string of the molecule is FC(F)(F)C1(C(F)(F)F)OCCc2ccccc21. The molecular weight excluding hydrogens is 262 g/mol. The summed E-state index contributed by atoms with van der Waals surface area (Å²) < 4.78 is 81.7. The van der Waals surface area contributed by atoms with Crippen LogP contribution in [0.2, 0.25) is 0 Å². The predicted molar refractivity (Wildman–Crippen MR) is 49.9 cm³/mol. The van der Waals surface area contributed by atoms with Crippen molar-refractivity contribution in [2.75, 3.05) is 6.61 Å². The molecule has 0 unspecified atom stereocenters. The Balaban J connectivity index is 2.72. The standard InChI is InChI=1S/C11H8F6O/c12-10(13,14)9(11(15,16)17)8-4-2-1-3-7(8)5-6-18-9/h1-4H,5-6H2. The molecule has 1 heterocycles. The van der Waals surface area contributed by atoms with E-state index in [1.807, 2.05) is 0 Å². The average molecular weight is 270 g/mol. The van der Waals surface area contributed by atoms with Crippen LogP contribution in [0.5, 0.6) is 0 Å². The van der Waals surface area contributed by atoms with Crippen LogP contribution in [0.25, 0.3) is 0 Å². The maximum atomic E-state index is 12.9. The van der Waals surface area contributed by atoms with Crippen molar-refractivity contribution in [1.82, 2.24) is 0 Å². The molecule has 7 heteroatoms. The minimum absolute atomic E-state index is 0.0124. The van der Waals surface area contributed by atoms with E-state index in [1.165, 1.54) is 12.1 Å². The van der Waals surface area contributed by atoms with E-state index in [0.717, 1.165) is 12.1 Å². The van der Waals surface area contributed by atoms with Crippen LogP contribution in [-0.4, -0.2) is 19.0 Å². The summed E-state index contributed by atoms with van der Waals surface area (Å²) in [6.45, 7) is -0.615. The van der Waals surface area contributed by atoms with Crippen molar-refractivity contribution in [2.45, 2.75) is 24.4 Å². The van der Waals surface area contributed by atoms with Crippen molar-refractivity contribution in [2.24, 2.45) is 0 Å². The fourth-order valence-corrected chi connectivity index (χ4v) is 2.10. The van der Waals surface area contributed by atoms with Crippen LogP contribution < -0.4 is 0 Å². The molecule has 100 valence electrons. The number of hydrogen-bond acceptors (Lipinski definition) is 1. The van der Waals surface area contributed by atoms with Gasteiger partial charge in [-0.25, -0.2) is 0 Å². The first-order valence-electron chi connectivity index (χ1n) is 5.06. The van der Waals surface area contributed by atoms with E-state index in [9.17, 15) is 26.3 Å². The minimum Gasteiger partial charge on any atom is -0.354 e. The number of ether oxygens (including phenoxy) is 1. The van der Waals surface area contributed by atoms with Crippen LogP contribution in [0, 0.1) is 0 Å². The van der Waals surface area contributed by atoms with Crippen LogP contribution in [0.3, 0.4) is 0 Å². The van der Waals surface area contributed by atoms with Crippen molar-refractivity contribution in [3.05, 3.63) is 35.4 Å². The van der Waals surface area contributed by atoms with Crippen molar-refractivity contribution in [3.63, 3.8) is 0 Å². The second kappa shape index (κ2) is 3.88. The highest BCUT2D eigenvalue weighted by Gasteiger charge is 2.74. The van der Waals surface area contributed by atoms with Crippen molar-refractivity contribution in [1.29, 1.82) is 0 Å². The number of rotatable bonds is 0. The van der Waals surface area contributed by atoms with Crippen molar-refractivity contribution in [3.8, 4) is 0 Å². The molecular formula is C11H8F6O. The quantitative estimate of drug-likeness (QED) is 0.655. The highest BCUT2D eigenvalue weighted by Crippen LogP contribution is 2.55. The van der Waals surface area contributed by atoms with Gasteiger partial charge in [-0.15, -0.1) is 0 Å². The highest BCUT2D eigenvalue weighted by molar-refractivity contribution is 5.37. The number of fused-ring (bicyclic) bond motifs is 1. The van der Waals surface area contributed by atoms with Crippen molar-refractivity contribution >= 4 is 0 Å². The smallest absolute Gasteiger partial charge is 0.354 e. The summed E-state index contributed by atoms with van der Waals surface area (Å²) in [5, 5.41) is 0. The molecule has 0 N–H and O–H groups in total. The van der Waals surface area contributed by atoms with Gasteiger partial charge in [-0.05, 0) is 12.0 Å². The number of benzene rings is 1. The topological polar surface area (TPSA) is 9.23 Å². The molecule has 0 saturated heterocycles. The molecule has 0 saturated carbocycles. The monoisotopic (exact) mass is 270 g/mol. The molecule has 0 amide bonds. The lowest BCUT2D eigenvalue weighted by molar-refractivity contribution is -0.392. The molecule has 0 spiro atoms. The van der Waals surface area contributed by atoms with Crippen LogP contribution in [0.4, 0.5) is 26.3 Å². The number of alkyl halides is 6. The molecule has 1 aliphatic rings.